The summed E-state index contributed by atoms with van der Waals surface area (Å²) in [4.78, 5) is 13.6. The van der Waals surface area contributed by atoms with Gasteiger partial charge in [-0.25, -0.2) is 0 Å². The minimum absolute atomic E-state index is 0.166. The first-order chi connectivity index (χ1) is 11.4. The molecule has 0 saturated heterocycles. The Morgan fingerprint density at radius 2 is 1.96 bits per heavy atom. The van der Waals surface area contributed by atoms with E-state index in [1.54, 1.807) is 6.92 Å². The zero-order valence-corrected chi connectivity index (χ0v) is 15.5. The van der Waals surface area contributed by atoms with Gasteiger partial charge in [0.25, 0.3) is 0 Å². The number of thioether (sulfide) groups is 1. The van der Waals surface area contributed by atoms with Gasteiger partial charge in [-0.2, -0.15) is 0 Å². The average molecular weight is 347 g/mol. The number of amides is 1. The maximum atomic E-state index is 11.4. The van der Waals surface area contributed by atoms with Crippen LogP contribution in [0.4, 0.5) is 0 Å². The zero-order chi connectivity index (χ0) is 17.7. The molecule has 2 rings (SSSR count). The van der Waals surface area contributed by atoms with E-state index in [4.69, 9.17) is 5.73 Å². The van der Waals surface area contributed by atoms with Gasteiger partial charge in [-0.3, -0.25) is 9.69 Å². The highest BCUT2D eigenvalue weighted by Crippen LogP contribution is 2.28. The molecule has 130 valence electrons. The molecule has 0 fully saturated rings. The quantitative estimate of drug-likeness (QED) is 0.742. The van der Waals surface area contributed by atoms with Crippen molar-refractivity contribution >= 4 is 17.7 Å². The van der Waals surface area contributed by atoms with Crippen molar-refractivity contribution in [3.8, 4) is 0 Å². The number of carbonyl (C=O) groups is 1. The lowest BCUT2D eigenvalue weighted by atomic mass is 10.2. The van der Waals surface area contributed by atoms with E-state index in [9.17, 15) is 4.79 Å². The van der Waals surface area contributed by atoms with E-state index >= 15 is 0 Å². The van der Waals surface area contributed by atoms with E-state index in [2.05, 4.69) is 38.7 Å². The molecule has 2 atom stereocenters. The van der Waals surface area contributed by atoms with Gasteiger partial charge >= 0.3 is 0 Å². The van der Waals surface area contributed by atoms with Gasteiger partial charge in [0, 0.05) is 0 Å². The van der Waals surface area contributed by atoms with Gasteiger partial charge in [0.15, 0.2) is 11.0 Å². The summed E-state index contributed by atoms with van der Waals surface area (Å²) < 4.78 is 2.09. The number of carbonyl (C=O) groups excluding carboxylic acids is 1. The van der Waals surface area contributed by atoms with Gasteiger partial charge in [0.2, 0.25) is 5.91 Å². The van der Waals surface area contributed by atoms with Gasteiger partial charge in [0.1, 0.15) is 0 Å². The van der Waals surface area contributed by atoms with Crippen molar-refractivity contribution in [3.05, 3.63) is 41.7 Å². The van der Waals surface area contributed by atoms with Crippen LogP contribution in [-0.2, 0) is 11.3 Å². The van der Waals surface area contributed by atoms with Gasteiger partial charge in [-0.15, -0.1) is 10.2 Å². The monoisotopic (exact) mass is 347 g/mol. The molecule has 0 spiro atoms. The molecule has 2 N–H and O–H groups in total. The minimum Gasteiger partial charge on any atom is -0.369 e. The lowest BCUT2D eigenvalue weighted by Gasteiger charge is -2.23. The number of hydrogen-bond acceptors (Lipinski definition) is 5. The third-order valence-corrected chi connectivity index (χ3v) is 5.02. The molecule has 6 nitrogen and oxygen atoms in total. The van der Waals surface area contributed by atoms with E-state index in [0.717, 1.165) is 17.4 Å². The van der Waals surface area contributed by atoms with Crippen molar-refractivity contribution in [1.82, 2.24) is 19.7 Å². The number of benzene rings is 1. The lowest BCUT2D eigenvalue weighted by Crippen LogP contribution is -2.25. The Labute approximate surface area is 147 Å². The Hall–Kier alpha value is -1.86. The molecule has 0 bridgehead atoms. The smallest absolute Gasteiger partial charge is 0.230 e. The minimum atomic E-state index is -0.351. The Morgan fingerprint density at radius 1 is 1.29 bits per heavy atom. The molecule has 1 aromatic heterocycles. The highest BCUT2D eigenvalue weighted by atomic mass is 32.2. The fourth-order valence-electron chi connectivity index (χ4n) is 2.54. The van der Waals surface area contributed by atoms with Crippen LogP contribution < -0.4 is 5.73 Å². The van der Waals surface area contributed by atoms with Crippen LogP contribution >= 0.6 is 11.8 Å². The standard InChI is InChI=1S/C17H25N5OS/c1-5-14(21(3)4)16-19-20-17(24-12(2)15(18)23)22(16)11-13-9-7-6-8-10-13/h6-10,12,14H,5,11H2,1-4H3,(H2,18,23)/t12-,14-/m1/s1. The number of hydrogen-bond donors (Lipinski definition) is 1. The van der Waals surface area contributed by atoms with Crippen LogP contribution in [0.5, 0.6) is 0 Å². The fraction of sp³-hybridized carbons (Fsp3) is 0.471. The van der Waals surface area contributed by atoms with Crippen LogP contribution in [-0.4, -0.2) is 44.9 Å². The van der Waals surface area contributed by atoms with Gasteiger partial charge in [0.05, 0.1) is 17.8 Å². The second-order valence-electron chi connectivity index (χ2n) is 5.96. The van der Waals surface area contributed by atoms with Gasteiger partial charge < -0.3 is 10.3 Å². The molecule has 7 heteroatoms. The molecular weight excluding hydrogens is 322 g/mol. The maximum absolute atomic E-state index is 11.4. The Balaban J connectivity index is 2.40. The van der Waals surface area contributed by atoms with E-state index in [-0.39, 0.29) is 17.2 Å². The van der Waals surface area contributed by atoms with E-state index in [0.29, 0.717) is 6.54 Å². The van der Waals surface area contributed by atoms with E-state index in [1.807, 2.05) is 32.3 Å². The number of aromatic nitrogens is 3. The zero-order valence-electron chi connectivity index (χ0n) is 14.6. The molecule has 1 aromatic carbocycles. The first-order valence-corrected chi connectivity index (χ1v) is 8.91. The molecule has 0 radical (unpaired) electrons. The van der Waals surface area contributed by atoms with Gasteiger partial charge in [-0.05, 0) is 33.0 Å². The first kappa shape index (κ1) is 18.5. The Kier molecular flexibility index (Phi) is 6.39. The summed E-state index contributed by atoms with van der Waals surface area (Å²) in [6.45, 7) is 4.59. The summed E-state index contributed by atoms with van der Waals surface area (Å²) in [5.74, 6) is 0.556. The summed E-state index contributed by atoms with van der Waals surface area (Å²) in [6, 6.07) is 10.3. The topological polar surface area (TPSA) is 77.0 Å². The number of primary amides is 1. The molecule has 0 saturated carbocycles. The molecule has 0 aliphatic carbocycles. The van der Waals surface area contributed by atoms with Crippen molar-refractivity contribution in [2.75, 3.05) is 14.1 Å². The summed E-state index contributed by atoms with van der Waals surface area (Å²) in [7, 11) is 4.07. The van der Waals surface area contributed by atoms with E-state index in [1.165, 1.54) is 17.3 Å². The summed E-state index contributed by atoms with van der Waals surface area (Å²) in [5.41, 5.74) is 6.57. The number of nitrogens with zero attached hydrogens (tertiary/aromatic N) is 4. The molecule has 0 unspecified atom stereocenters. The van der Waals surface area contributed by atoms with Crippen LogP contribution in [0.1, 0.15) is 37.7 Å². The van der Waals surface area contributed by atoms with Crippen molar-refractivity contribution < 1.29 is 4.79 Å². The van der Waals surface area contributed by atoms with Crippen LogP contribution in [0.25, 0.3) is 0 Å². The highest BCUT2D eigenvalue weighted by Gasteiger charge is 2.24. The van der Waals surface area contributed by atoms with Crippen molar-refractivity contribution in [2.24, 2.45) is 5.73 Å². The molecule has 0 aliphatic heterocycles. The van der Waals surface area contributed by atoms with Crippen molar-refractivity contribution in [1.29, 1.82) is 0 Å². The van der Waals surface area contributed by atoms with Crippen LogP contribution in [0.3, 0.4) is 0 Å². The first-order valence-electron chi connectivity index (χ1n) is 8.03. The second kappa shape index (κ2) is 8.30. The van der Waals surface area contributed by atoms with Gasteiger partial charge in [-0.1, -0.05) is 49.0 Å². The van der Waals surface area contributed by atoms with Crippen LogP contribution in [0.2, 0.25) is 0 Å². The van der Waals surface area contributed by atoms with Crippen molar-refractivity contribution in [3.63, 3.8) is 0 Å². The molecular formula is C17H25N5OS. The molecule has 2 aromatic rings. The second-order valence-corrected chi connectivity index (χ2v) is 7.27. The SMILES string of the molecule is CC[C@H](c1nnc(S[C@H](C)C(N)=O)n1Cc1ccccc1)N(C)C. The predicted octanol–water partition coefficient (Wildman–Crippen LogP) is 2.31. The summed E-state index contributed by atoms with van der Waals surface area (Å²) in [5, 5.41) is 9.11. The third-order valence-electron chi connectivity index (χ3n) is 3.92. The Bertz CT molecular complexity index is 671. The summed E-state index contributed by atoms with van der Waals surface area (Å²) >= 11 is 1.35. The maximum Gasteiger partial charge on any atom is 0.230 e. The summed E-state index contributed by atoms with van der Waals surface area (Å²) in [6.07, 6.45) is 0.927. The molecule has 1 amide bonds. The largest absolute Gasteiger partial charge is 0.369 e. The van der Waals surface area contributed by atoms with E-state index < -0.39 is 0 Å². The molecule has 0 aliphatic rings. The van der Waals surface area contributed by atoms with Crippen molar-refractivity contribution in [2.45, 2.75) is 43.3 Å². The van der Waals surface area contributed by atoms with Crippen LogP contribution in [0.15, 0.2) is 35.5 Å². The third kappa shape index (κ3) is 4.36. The highest BCUT2D eigenvalue weighted by molar-refractivity contribution is 8.00. The Morgan fingerprint density at radius 3 is 2.50 bits per heavy atom. The normalized spacial score (nSPS) is 13.9. The fourth-order valence-corrected chi connectivity index (χ4v) is 3.35. The number of rotatable bonds is 8. The lowest BCUT2D eigenvalue weighted by molar-refractivity contribution is -0.117. The molecule has 24 heavy (non-hydrogen) atoms. The predicted molar refractivity (Wildman–Crippen MR) is 96.8 cm³/mol. The number of nitrogens with two attached hydrogens (primary N) is 1. The van der Waals surface area contributed by atoms with Crippen LogP contribution in [0, 0.1) is 0 Å². The molecule has 1 heterocycles. The average Bonchev–Trinajstić information content (AvgIpc) is 2.91.